The van der Waals surface area contributed by atoms with E-state index in [0.717, 1.165) is 12.0 Å². The molecule has 0 radical (unpaired) electrons. The first-order valence-corrected chi connectivity index (χ1v) is 7.25. The van der Waals surface area contributed by atoms with Gasteiger partial charge in [0.05, 0.1) is 0 Å². The number of rotatable bonds is 3. The Kier molecular flexibility index (Phi) is 3.49. The van der Waals surface area contributed by atoms with Gasteiger partial charge in [-0.1, -0.05) is 36.4 Å². The number of hydrogen-bond acceptors (Lipinski definition) is 2. The molecular formula is C18H21NO. The van der Waals surface area contributed by atoms with Gasteiger partial charge in [0.2, 0.25) is 0 Å². The molecule has 2 nitrogen and oxygen atoms in total. The van der Waals surface area contributed by atoms with Gasteiger partial charge in [-0.2, -0.15) is 0 Å². The quantitative estimate of drug-likeness (QED) is 0.906. The van der Waals surface area contributed by atoms with Gasteiger partial charge in [0.25, 0.3) is 0 Å². The summed E-state index contributed by atoms with van der Waals surface area (Å²) in [6.45, 7) is 2.20. The molecule has 2 heteroatoms. The highest BCUT2D eigenvalue weighted by molar-refractivity contribution is 5.35. The van der Waals surface area contributed by atoms with Crippen LogP contribution in [0.3, 0.4) is 0 Å². The third-order valence-electron chi connectivity index (χ3n) is 4.56. The van der Waals surface area contributed by atoms with Crippen LogP contribution in [0.4, 0.5) is 0 Å². The number of aryl methyl sites for hydroxylation is 1. The fourth-order valence-electron chi connectivity index (χ4n) is 3.25. The maximum atomic E-state index is 9.65. The minimum absolute atomic E-state index is 0.290. The van der Waals surface area contributed by atoms with Crippen LogP contribution in [-0.4, -0.2) is 17.1 Å². The number of nitrogens with zero attached hydrogens (tertiary/aromatic N) is 1. The second-order valence-corrected chi connectivity index (χ2v) is 5.69. The van der Waals surface area contributed by atoms with Crippen molar-refractivity contribution in [2.45, 2.75) is 31.8 Å². The Balaban J connectivity index is 1.85. The van der Waals surface area contributed by atoms with Crippen LogP contribution >= 0.6 is 0 Å². The lowest BCUT2D eigenvalue weighted by Crippen LogP contribution is -2.26. The predicted octanol–water partition coefficient (Wildman–Crippen LogP) is 4.07. The zero-order valence-electron chi connectivity index (χ0n) is 12.1. The molecule has 0 saturated carbocycles. The van der Waals surface area contributed by atoms with Crippen molar-refractivity contribution in [3.05, 3.63) is 65.2 Å². The Hall–Kier alpha value is -1.80. The molecule has 2 atom stereocenters. The van der Waals surface area contributed by atoms with Crippen LogP contribution < -0.4 is 0 Å². The van der Waals surface area contributed by atoms with Crippen LogP contribution in [0.25, 0.3) is 0 Å². The van der Waals surface area contributed by atoms with E-state index >= 15 is 0 Å². The zero-order valence-corrected chi connectivity index (χ0v) is 12.1. The van der Waals surface area contributed by atoms with Crippen molar-refractivity contribution >= 4 is 0 Å². The number of aromatic hydroxyl groups is 1. The lowest BCUT2D eigenvalue weighted by Gasteiger charge is -2.31. The van der Waals surface area contributed by atoms with Gasteiger partial charge in [0, 0.05) is 12.1 Å². The first-order valence-electron chi connectivity index (χ1n) is 7.25. The van der Waals surface area contributed by atoms with Gasteiger partial charge < -0.3 is 5.11 Å². The van der Waals surface area contributed by atoms with Gasteiger partial charge in [0.1, 0.15) is 5.75 Å². The summed E-state index contributed by atoms with van der Waals surface area (Å²) in [5.74, 6) is 0.342. The second-order valence-electron chi connectivity index (χ2n) is 5.69. The summed E-state index contributed by atoms with van der Waals surface area (Å²) in [5.41, 5.74) is 4.10. The summed E-state index contributed by atoms with van der Waals surface area (Å²) in [6.07, 6.45) is 2.34. The van der Waals surface area contributed by atoms with Crippen molar-refractivity contribution in [1.29, 1.82) is 0 Å². The molecule has 0 spiro atoms. The smallest absolute Gasteiger partial charge is 0.115 e. The number of benzene rings is 2. The predicted molar refractivity (Wildman–Crippen MR) is 81.8 cm³/mol. The minimum atomic E-state index is 0.290. The standard InChI is InChI=1S/C18H21NO/c1-13(15-7-5-8-16(20)12-15)19(2)18-11-10-14-6-3-4-9-17(14)18/h3-9,12-13,18,20H,10-11H2,1-2H3. The van der Waals surface area contributed by atoms with Crippen molar-refractivity contribution in [3.63, 3.8) is 0 Å². The summed E-state index contributed by atoms with van der Waals surface area (Å²) in [7, 11) is 2.18. The van der Waals surface area contributed by atoms with Crippen LogP contribution in [0.2, 0.25) is 0 Å². The van der Waals surface area contributed by atoms with Gasteiger partial charge in [-0.3, -0.25) is 4.90 Å². The van der Waals surface area contributed by atoms with Crippen molar-refractivity contribution in [2.75, 3.05) is 7.05 Å². The molecule has 2 aromatic carbocycles. The van der Waals surface area contributed by atoms with E-state index in [0.29, 0.717) is 17.8 Å². The Morgan fingerprint density at radius 2 is 1.95 bits per heavy atom. The molecular weight excluding hydrogens is 246 g/mol. The highest BCUT2D eigenvalue weighted by Crippen LogP contribution is 2.38. The molecule has 1 aliphatic rings. The molecule has 1 aliphatic carbocycles. The summed E-state index contributed by atoms with van der Waals surface area (Å²) >= 11 is 0. The first kappa shape index (κ1) is 13.2. The maximum Gasteiger partial charge on any atom is 0.115 e. The van der Waals surface area contributed by atoms with Crippen LogP contribution in [0.1, 0.15) is 42.1 Å². The number of phenolic OH excluding ortho intramolecular Hbond substituents is 1. The molecule has 0 bridgehead atoms. The van der Waals surface area contributed by atoms with Crippen LogP contribution in [-0.2, 0) is 6.42 Å². The van der Waals surface area contributed by atoms with E-state index in [2.05, 4.69) is 49.2 Å². The Morgan fingerprint density at radius 3 is 2.75 bits per heavy atom. The monoisotopic (exact) mass is 267 g/mol. The number of phenols is 1. The van der Waals surface area contributed by atoms with Crippen molar-refractivity contribution in [2.24, 2.45) is 0 Å². The van der Waals surface area contributed by atoms with Gasteiger partial charge in [-0.15, -0.1) is 0 Å². The molecule has 0 aliphatic heterocycles. The number of fused-ring (bicyclic) bond motifs is 1. The fraction of sp³-hybridized carbons (Fsp3) is 0.333. The minimum Gasteiger partial charge on any atom is -0.508 e. The van der Waals surface area contributed by atoms with Gasteiger partial charge in [-0.25, -0.2) is 0 Å². The lowest BCUT2D eigenvalue weighted by atomic mass is 10.0. The maximum absolute atomic E-state index is 9.65. The SMILES string of the molecule is CC(c1cccc(O)c1)N(C)C1CCc2ccccc21. The molecule has 1 N–H and O–H groups in total. The number of hydrogen-bond donors (Lipinski definition) is 1. The summed E-state index contributed by atoms with van der Waals surface area (Å²) in [5, 5.41) is 9.65. The Bertz CT molecular complexity index is 608. The summed E-state index contributed by atoms with van der Waals surface area (Å²) in [4.78, 5) is 2.42. The molecule has 104 valence electrons. The molecule has 0 heterocycles. The summed E-state index contributed by atoms with van der Waals surface area (Å²) < 4.78 is 0. The molecule has 0 fully saturated rings. The van der Waals surface area contributed by atoms with E-state index in [1.165, 1.54) is 17.5 Å². The highest BCUT2D eigenvalue weighted by Gasteiger charge is 2.28. The van der Waals surface area contributed by atoms with Gasteiger partial charge in [-0.05, 0) is 55.6 Å². The molecule has 2 aromatic rings. The van der Waals surface area contributed by atoms with E-state index < -0.39 is 0 Å². The first-order chi connectivity index (χ1) is 9.66. The van der Waals surface area contributed by atoms with Crippen molar-refractivity contribution in [1.82, 2.24) is 4.90 Å². The largest absolute Gasteiger partial charge is 0.508 e. The van der Waals surface area contributed by atoms with Gasteiger partial charge in [0.15, 0.2) is 0 Å². The molecule has 2 unspecified atom stereocenters. The van der Waals surface area contributed by atoms with E-state index in [-0.39, 0.29) is 0 Å². The topological polar surface area (TPSA) is 23.5 Å². The Labute approximate surface area is 120 Å². The average molecular weight is 267 g/mol. The zero-order chi connectivity index (χ0) is 14.1. The van der Waals surface area contributed by atoms with E-state index in [9.17, 15) is 5.11 Å². The molecule has 3 rings (SSSR count). The van der Waals surface area contributed by atoms with Crippen LogP contribution in [0.5, 0.6) is 5.75 Å². The van der Waals surface area contributed by atoms with E-state index in [4.69, 9.17) is 0 Å². The molecule has 0 saturated heterocycles. The third-order valence-corrected chi connectivity index (χ3v) is 4.56. The van der Waals surface area contributed by atoms with E-state index in [1.807, 2.05) is 12.1 Å². The molecule has 0 aromatic heterocycles. The van der Waals surface area contributed by atoms with Crippen molar-refractivity contribution < 1.29 is 5.11 Å². The Morgan fingerprint density at radius 1 is 1.15 bits per heavy atom. The average Bonchev–Trinajstić information content (AvgIpc) is 2.89. The molecule has 20 heavy (non-hydrogen) atoms. The van der Waals surface area contributed by atoms with E-state index in [1.54, 1.807) is 6.07 Å². The lowest BCUT2D eigenvalue weighted by molar-refractivity contribution is 0.185. The normalized spacial score (nSPS) is 19.1. The van der Waals surface area contributed by atoms with Gasteiger partial charge >= 0.3 is 0 Å². The van der Waals surface area contributed by atoms with Crippen molar-refractivity contribution in [3.8, 4) is 5.75 Å². The fourth-order valence-corrected chi connectivity index (χ4v) is 3.25. The van der Waals surface area contributed by atoms with Crippen LogP contribution in [0, 0.1) is 0 Å². The van der Waals surface area contributed by atoms with Crippen LogP contribution in [0.15, 0.2) is 48.5 Å². The third kappa shape index (κ3) is 2.32. The summed E-state index contributed by atoms with van der Waals surface area (Å²) in [6, 6.07) is 17.1. The molecule has 0 amide bonds. The highest BCUT2D eigenvalue weighted by atomic mass is 16.3. The second kappa shape index (κ2) is 5.29.